The van der Waals surface area contributed by atoms with E-state index in [0.29, 0.717) is 13.0 Å². The van der Waals surface area contributed by atoms with E-state index in [1.807, 2.05) is 11.0 Å². The molecule has 2 fully saturated rings. The lowest BCUT2D eigenvalue weighted by atomic mass is 9.90. The number of carbonyl (C=O) groups excluding carboxylic acids is 1. The maximum atomic E-state index is 12.9. The van der Waals surface area contributed by atoms with Gasteiger partial charge in [0.15, 0.2) is 5.60 Å². The summed E-state index contributed by atoms with van der Waals surface area (Å²) in [6, 6.07) is 10.4. The van der Waals surface area contributed by atoms with E-state index >= 15 is 0 Å². The zero-order chi connectivity index (χ0) is 17.5. The van der Waals surface area contributed by atoms with E-state index in [-0.39, 0.29) is 5.91 Å². The molecule has 3 rings (SSSR count). The van der Waals surface area contributed by atoms with Crippen molar-refractivity contribution in [1.82, 2.24) is 9.80 Å². The number of hydrogen-bond donors (Lipinski definition) is 1. The number of aryl methyl sites for hydroxylation is 1. The first-order valence-electron chi connectivity index (χ1n) is 9.95. The number of nitrogens with zero attached hydrogens (tertiary/aromatic N) is 2. The van der Waals surface area contributed by atoms with Crippen LogP contribution in [0, 0.1) is 0 Å². The van der Waals surface area contributed by atoms with Crippen LogP contribution in [0.1, 0.15) is 50.5 Å². The first kappa shape index (κ1) is 18.4. The predicted octanol–water partition coefficient (Wildman–Crippen LogP) is 2.85. The average Bonchev–Trinajstić information content (AvgIpc) is 2.88. The van der Waals surface area contributed by atoms with Crippen molar-refractivity contribution in [3.05, 3.63) is 35.9 Å². The van der Waals surface area contributed by atoms with Gasteiger partial charge in [-0.15, -0.1) is 0 Å². The first-order valence-corrected chi connectivity index (χ1v) is 9.95. The molecule has 1 amide bonds. The summed E-state index contributed by atoms with van der Waals surface area (Å²) in [6.07, 6.45) is 8.36. The fourth-order valence-corrected chi connectivity index (χ4v) is 4.21. The van der Waals surface area contributed by atoms with Crippen molar-refractivity contribution in [3.8, 4) is 0 Å². The number of aliphatic hydroxyl groups is 1. The van der Waals surface area contributed by atoms with Crippen molar-refractivity contribution >= 4 is 5.91 Å². The summed E-state index contributed by atoms with van der Waals surface area (Å²) in [4.78, 5) is 17.1. The maximum absolute atomic E-state index is 12.9. The maximum Gasteiger partial charge on any atom is 0.255 e. The van der Waals surface area contributed by atoms with E-state index in [4.69, 9.17) is 0 Å². The van der Waals surface area contributed by atoms with Gasteiger partial charge in [0.1, 0.15) is 0 Å². The number of rotatable bonds is 6. The molecule has 0 spiro atoms. The summed E-state index contributed by atoms with van der Waals surface area (Å²) in [5.74, 6) is -0.0453. The zero-order valence-corrected chi connectivity index (χ0v) is 15.3. The second-order valence-electron chi connectivity index (χ2n) is 7.71. The van der Waals surface area contributed by atoms with Gasteiger partial charge in [-0.25, -0.2) is 0 Å². The molecule has 1 aromatic carbocycles. The van der Waals surface area contributed by atoms with Crippen LogP contribution in [0.2, 0.25) is 0 Å². The minimum atomic E-state index is -1.17. The quantitative estimate of drug-likeness (QED) is 0.863. The van der Waals surface area contributed by atoms with E-state index in [0.717, 1.165) is 45.4 Å². The van der Waals surface area contributed by atoms with Crippen LogP contribution < -0.4 is 0 Å². The molecular formula is C21H32N2O2. The topological polar surface area (TPSA) is 43.8 Å². The standard InChI is InChI=1S/C21H32N2O2/c24-20-21(25,18-22-14-6-1-2-7-15-22)13-9-17-23(20)16-8-12-19-10-4-3-5-11-19/h3-5,10-11,25H,1-2,6-9,12-18H2/t21-/m0/s1. The third-order valence-electron chi connectivity index (χ3n) is 5.62. The van der Waals surface area contributed by atoms with Gasteiger partial charge in [-0.2, -0.15) is 0 Å². The molecule has 2 saturated heterocycles. The fourth-order valence-electron chi connectivity index (χ4n) is 4.21. The largest absolute Gasteiger partial charge is 0.379 e. The van der Waals surface area contributed by atoms with Gasteiger partial charge in [-0.1, -0.05) is 43.2 Å². The molecule has 2 aliphatic rings. The summed E-state index contributed by atoms with van der Waals surface area (Å²) < 4.78 is 0. The molecule has 1 N–H and O–H groups in total. The lowest BCUT2D eigenvalue weighted by Gasteiger charge is -2.40. The highest BCUT2D eigenvalue weighted by Crippen LogP contribution is 2.25. The van der Waals surface area contributed by atoms with Crippen molar-refractivity contribution < 1.29 is 9.90 Å². The molecule has 2 aliphatic heterocycles. The lowest BCUT2D eigenvalue weighted by molar-refractivity contribution is -0.159. The number of amides is 1. The summed E-state index contributed by atoms with van der Waals surface area (Å²) in [5, 5.41) is 11.0. The lowest BCUT2D eigenvalue weighted by Crippen LogP contribution is -2.58. The molecule has 0 saturated carbocycles. The Labute approximate surface area is 151 Å². The van der Waals surface area contributed by atoms with Crippen molar-refractivity contribution in [2.24, 2.45) is 0 Å². The second kappa shape index (κ2) is 8.81. The monoisotopic (exact) mass is 344 g/mol. The van der Waals surface area contributed by atoms with Crippen LogP contribution in [0.5, 0.6) is 0 Å². The van der Waals surface area contributed by atoms with Crippen LogP contribution in [0.25, 0.3) is 0 Å². The van der Waals surface area contributed by atoms with Crippen molar-refractivity contribution in [3.63, 3.8) is 0 Å². The van der Waals surface area contributed by atoms with Crippen LogP contribution in [0.3, 0.4) is 0 Å². The van der Waals surface area contributed by atoms with Gasteiger partial charge in [-0.05, 0) is 57.2 Å². The van der Waals surface area contributed by atoms with Crippen molar-refractivity contribution in [2.45, 2.75) is 57.0 Å². The van der Waals surface area contributed by atoms with Gasteiger partial charge in [0.25, 0.3) is 5.91 Å². The Morgan fingerprint density at radius 2 is 1.68 bits per heavy atom. The second-order valence-corrected chi connectivity index (χ2v) is 7.71. The van der Waals surface area contributed by atoms with Gasteiger partial charge in [0.2, 0.25) is 0 Å². The molecule has 0 bridgehead atoms. The fraction of sp³-hybridized carbons (Fsp3) is 0.667. The van der Waals surface area contributed by atoms with Crippen LogP contribution >= 0.6 is 0 Å². The van der Waals surface area contributed by atoms with Gasteiger partial charge >= 0.3 is 0 Å². The molecule has 1 atom stereocenters. The van der Waals surface area contributed by atoms with Gasteiger partial charge in [0.05, 0.1) is 0 Å². The molecule has 0 unspecified atom stereocenters. The summed E-state index contributed by atoms with van der Waals surface area (Å²) >= 11 is 0. The van der Waals surface area contributed by atoms with Crippen molar-refractivity contribution in [1.29, 1.82) is 0 Å². The Hall–Kier alpha value is -1.39. The molecule has 0 radical (unpaired) electrons. The highest BCUT2D eigenvalue weighted by atomic mass is 16.3. The third kappa shape index (κ3) is 5.05. The Morgan fingerprint density at radius 1 is 0.960 bits per heavy atom. The van der Waals surface area contributed by atoms with E-state index in [1.54, 1.807) is 0 Å². The van der Waals surface area contributed by atoms with Crippen molar-refractivity contribution in [2.75, 3.05) is 32.7 Å². The van der Waals surface area contributed by atoms with Gasteiger partial charge in [-0.3, -0.25) is 9.69 Å². The van der Waals surface area contributed by atoms with Crippen LogP contribution in [-0.4, -0.2) is 59.1 Å². The molecule has 2 heterocycles. The molecule has 25 heavy (non-hydrogen) atoms. The number of carbonyl (C=O) groups is 1. The van der Waals surface area contributed by atoms with E-state index < -0.39 is 5.60 Å². The summed E-state index contributed by atoms with van der Waals surface area (Å²) in [6.45, 7) is 4.08. The minimum absolute atomic E-state index is 0.0453. The highest BCUT2D eigenvalue weighted by Gasteiger charge is 2.43. The smallest absolute Gasteiger partial charge is 0.255 e. The number of β-amino-alcohol motifs (C(OH)–C–C–N with tert-alkyl or cyclic N) is 1. The molecular weight excluding hydrogens is 312 g/mol. The third-order valence-corrected chi connectivity index (χ3v) is 5.62. The molecule has 0 aromatic heterocycles. The van der Waals surface area contributed by atoms with Crippen LogP contribution in [-0.2, 0) is 11.2 Å². The Kier molecular flexibility index (Phi) is 6.49. The first-order chi connectivity index (χ1) is 12.2. The van der Waals surface area contributed by atoms with Gasteiger partial charge < -0.3 is 10.0 Å². The molecule has 0 aliphatic carbocycles. The Bertz CT molecular complexity index is 540. The number of likely N-dealkylation sites (tertiary alicyclic amines) is 2. The van der Waals surface area contributed by atoms with Gasteiger partial charge in [0, 0.05) is 19.6 Å². The molecule has 138 valence electrons. The summed E-state index contributed by atoms with van der Waals surface area (Å²) in [5.41, 5.74) is 0.141. The van der Waals surface area contributed by atoms with E-state index in [1.165, 1.54) is 31.2 Å². The number of benzene rings is 1. The Balaban J connectivity index is 1.52. The molecule has 1 aromatic rings. The number of piperidine rings is 1. The number of hydrogen-bond acceptors (Lipinski definition) is 3. The van der Waals surface area contributed by atoms with Crippen LogP contribution in [0.15, 0.2) is 30.3 Å². The average molecular weight is 344 g/mol. The normalized spacial score (nSPS) is 25.8. The predicted molar refractivity (Wildman–Crippen MR) is 100 cm³/mol. The van der Waals surface area contributed by atoms with E-state index in [2.05, 4.69) is 29.2 Å². The Morgan fingerprint density at radius 3 is 2.40 bits per heavy atom. The molecule has 4 nitrogen and oxygen atoms in total. The zero-order valence-electron chi connectivity index (χ0n) is 15.3. The van der Waals surface area contributed by atoms with E-state index in [9.17, 15) is 9.90 Å². The van der Waals surface area contributed by atoms with Crippen LogP contribution in [0.4, 0.5) is 0 Å². The minimum Gasteiger partial charge on any atom is -0.379 e. The molecule has 4 heteroatoms. The highest BCUT2D eigenvalue weighted by molar-refractivity contribution is 5.86. The SMILES string of the molecule is O=C1N(CCCc2ccccc2)CCC[C@]1(O)CN1CCCCCC1. The summed E-state index contributed by atoms with van der Waals surface area (Å²) in [7, 11) is 0.